The molecule has 16 heavy (non-hydrogen) atoms. The fraction of sp³-hybridized carbons (Fsp3) is 0.583. The van der Waals surface area contributed by atoms with E-state index < -0.39 is 0 Å². The van der Waals surface area contributed by atoms with Crippen LogP contribution in [0.3, 0.4) is 0 Å². The Kier molecular flexibility index (Phi) is 3.62. The topological polar surface area (TPSA) is 46.2 Å². The number of rotatable bonds is 4. The number of hydrogen-bond acceptors (Lipinski definition) is 4. The molecule has 2 N–H and O–H groups in total. The highest BCUT2D eigenvalue weighted by Crippen LogP contribution is 2.27. The molecule has 1 aromatic heterocycles. The first kappa shape index (κ1) is 11.2. The molecule has 4 heteroatoms. The summed E-state index contributed by atoms with van der Waals surface area (Å²) < 4.78 is 5.06. The van der Waals surface area contributed by atoms with Gasteiger partial charge in [-0.1, -0.05) is 0 Å². The molecule has 2 rings (SSSR count). The van der Waals surface area contributed by atoms with Crippen LogP contribution in [0.2, 0.25) is 0 Å². The normalized spacial score (nSPS) is 18.5. The second kappa shape index (κ2) is 5.16. The highest BCUT2D eigenvalue weighted by atomic mass is 16.5. The Balaban J connectivity index is 1.96. The Morgan fingerprint density at radius 3 is 3.25 bits per heavy atom. The van der Waals surface area contributed by atoms with Gasteiger partial charge in [0.15, 0.2) is 0 Å². The van der Waals surface area contributed by atoms with Gasteiger partial charge in [0.05, 0.1) is 5.69 Å². The predicted molar refractivity (Wildman–Crippen MR) is 66.0 cm³/mol. The zero-order valence-electron chi connectivity index (χ0n) is 9.92. The van der Waals surface area contributed by atoms with E-state index in [9.17, 15) is 0 Å². The van der Waals surface area contributed by atoms with Crippen molar-refractivity contribution >= 4 is 11.5 Å². The van der Waals surface area contributed by atoms with Crippen LogP contribution in [-0.2, 0) is 4.74 Å². The summed E-state index contributed by atoms with van der Waals surface area (Å²) in [6, 6.07) is 2.48. The molecule has 0 amide bonds. The van der Waals surface area contributed by atoms with Gasteiger partial charge >= 0.3 is 0 Å². The Labute approximate surface area is 96.4 Å². The third-order valence-electron chi connectivity index (χ3n) is 2.93. The first-order chi connectivity index (χ1) is 7.81. The summed E-state index contributed by atoms with van der Waals surface area (Å²) in [5.41, 5.74) is 2.39. The molecule has 0 bridgehead atoms. The maximum Gasteiger partial charge on any atom is 0.149 e. The molecular weight excluding hydrogens is 202 g/mol. The Morgan fingerprint density at radius 1 is 1.56 bits per heavy atom. The van der Waals surface area contributed by atoms with Crippen molar-refractivity contribution in [3.63, 3.8) is 0 Å². The zero-order chi connectivity index (χ0) is 11.4. The minimum atomic E-state index is 0.456. The molecule has 0 radical (unpaired) electrons. The van der Waals surface area contributed by atoms with E-state index in [2.05, 4.69) is 22.5 Å². The Hall–Kier alpha value is -1.29. The molecule has 1 aromatic rings. The van der Waals surface area contributed by atoms with E-state index in [-0.39, 0.29) is 0 Å². The van der Waals surface area contributed by atoms with Crippen LogP contribution in [-0.4, -0.2) is 31.3 Å². The first-order valence-corrected chi connectivity index (χ1v) is 5.76. The number of ether oxygens (including phenoxy) is 1. The summed E-state index contributed by atoms with van der Waals surface area (Å²) in [5.74, 6) is 0.980. The van der Waals surface area contributed by atoms with Crippen molar-refractivity contribution in [2.75, 3.05) is 30.9 Å². The van der Waals surface area contributed by atoms with Gasteiger partial charge < -0.3 is 15.4 Å². The third-order valence-corrected chi connectivity index (χ3v) is 2.93. The van der Waals surface area contributed by atoms with Crippen molar-refractivity contribution in [2.45, 2.75) is 25.8 Å². The number of fused-ring (bicyclic) bond motifs is 1. The van der Waals surface area contributed by atoms with Crippen LogP contribution in [0.25, 0.3) is 0 Å². The largest absolute Gasteiger partial charge is 0.385 e. The van der Waals surface area contributed by atoms with Crippen molar-refractivity contribution in [3.05, 3.63) is 17.8 Å². The fourth-order valence-electron chi connectivity index (χ4n) is 2.01. The molecule has 1 atom stereocenters. The number of pyridine rings is 1. The molecule has 1 aliphatic rings. The van der Waals surface area contributed by atoms with E-state index in [1.54, 1.807) is 7.11 Å². The number of nitrogens with one attached hydrogen (secondary N) is 2. The summed E-state index contributed by atoms with van der Waals surface area (Å²) in [6.45, 7) is 3.88. The van der Waals surface area contributed by atoms with Gasteiger partial charge in [-0.05, 0) is 31.4 Å². The van der Waals surface area contributed by atoms with Crippen molar-refractivity contribution in [3.8, 4) is 0 Å². The smallest absolute Gasteiger partial charge is 0.149 e. The highest BCUT2D eigenvalue weighted by molar-refractivity contribution is 5.70. The summed E-state index contributed by atoms with van der Waals surface area (Å²) in [6.07, 6.45) is 4.03. The van der Waals surface area contributed by atoms with Gasteiger partial charge in [0, 0.05) is 32.5 Å². The maximum atomic E-state index is 5.06. The number of hydrogen-bond donors (Lipinski definition) is 2. The van der Waals surface area contributed by atoms with Gasteiger partial charge in [-0.3, -0.25) is 0 Å². The number of aromatic nitrogens is 1. The molecule has 0 spiro atoms. The molecule has 2 heterocycles. The van der Waals surface area contributed by atoms with Crippen molar-refractivity contribution < 1.29 is 4.74 Å². The van der Waals surface area contributed by atoms with Crippen LogP contribution in [0.15, 0.2) is 12.3 Å². The standard InChI is InChI=1S/C12H19N3O/c1-9-5-6-13-12-11(9)14-8-10(15-12)4-3-7-16-2/h5-6,10,14H,3-4,7-8H2,1-2H3,(H,13,15). The van der Waals surface area contributed by atoms with Crippen molar-refractivity contribution in [2.24, 2.45) is 0 Å². The average molecular weight is 221 g/mol. The molecule has 0 saturated heterocycles. The summed E-state index contributed by atoms with van der Waals surface area (Å²) in [5, 5.41) is 6.91. The molecule has 4 nitrogen and oxygen atoms in total. The Bertz CT molecular complexity index is 354. The molecule has 0 aromatic carbocycles. The number of nitrogens with zero attached hydrogens (tertiary/aromatic N) is 1. The molecule has 1 unspecified atom stereocenters. The van der Waals surface area contributed by atoms with Crippen molar-refractivity contribution in [1.29, 1.82) is 0 Å². The fourth-order valence-corrected chi connectivity index (χ4v) is 2.01. The van der Waals surface area contributed by atoms with E-state index in [0.29, 0.717) is 6.04 Å². The molecular formula is C12H19N3O. The van der Waals surface area contributed by atoms with E-state index in [1.165, 1.54) is 5.56 Å². The van der Waals surface area contributed by atoms with Crippen LogP contribution < -0.4 is 10.6 Å². The minimum absolute atomic E-state index is 0.456. The van der Waals surface area contributed by atoms with E-state index >= 15 is 0 Å². The van der Waals surface area contributed by atoms with Crippen LogP contribution in [0, 0.1) is 6.92 Å². The van der Waals surface area contributed by atoms with Crippen LogP contribution in [0.5, 0.6) is 0 Å². The van der Waals surface area contributed by atoms with E-state index in [1.807, 2.05) is 12.3 Å². The van der Waals surface area contributed by atoms with Crippen LogP contribution in [0.4, 0.5) is 11.5 Å². The lowest BCUT2D eigenvalue weighted by molar-refractivity contribution is 0.191. The van der Waals surface area contributed by atoms with Crippen LogP contribution >= 0.6 is 0 Å². The summed E-state index contributed by atoms with van der Waals surface area (Å²) >= 11 is 0. The minimum Gasteiger partial charge on any atom is -0.385 e. The second-order valence-electron chi connectivity index (χ2n) is 4.21. The van der Waals surface area contributed by atoms with Gasteiger partial charge in [-0.25, -0.2) is 4.98 Å². The van der Waals surface area contributed by atoms with Gasteiger partial charge in [0.25, 0.3) is 0 Å². The molecule has 88 valence electrons. The zero-order valence-corrected chi connectivity index (χ0v) is 9.92. The monoisotopic (exact) mass is 221 g/mol. The van der Waals surface area contributed by atoms with E-state index in [4.69, 9.17) is 4.74 Å². The average Bonchev–Trinajstić information content (AvgIpc) is 2.30. The number of anilines is 2. The van der Waals surface area contributed by atoms with Crippen LogP contribution in [0.1, 0.15) is 18.4 Å². The summed E-state index contributed by atoms with van der Waals surface area (Å²) in [7, 11) is 1.74. The Morgan fingerprint density at radius 2 is 2.44 bits per heavy atom. The van der Waals surface area contributed by atoms with Gasteiger partial charge in [0.1, 0.15) is 5.82 Å². The maximum absolute atomic E-state index is 5.06. The predicted octanol–water partition coefficient (Wildman–Crippen LogP) is 2.02. The van der Waals surface area contributed by atoms with Gasteiger partial charge in [-0.15, -0.1) is 0 Å². The SMILES string of the molecule is COCCCC1CNc2c(C)ccnc2N1. The van der Waals surface area contributed by atoms with Gasteiger partial charge in [-0.2, -0.15) is 0 Å². The van der Waals surface area contributed by atoms with Gasteiger partial charge in [0.2, 0.25) is 0 Å². The molecule has 0 aliphatic carbocycles. The molecule has 0 fully saturated rings. The number of methoxy groups -OCH3 is 1. The molecule has 0 saturated carbocycles. The highest BCUT2D eigenvalue weighted by Gasteiger charge is 2.18. The lowest BCUT2D eigenvalue weighted by Crippen LogP contribution is -2.34. The first-order valence-electron chi connectivity index (χ1n) is 5.76. The summed E-state index contributed by atoms with van der Waals surface area (Å²) in [4.78, 5) is 4.35. The lowest BCUT2D eigenvalue weighted by atomic mass is 10.1. The molecule has 1 aliphatic heterocycles. The second-order valence-corrected chi connectivity index (χ2v) is 4.21. The third kappa shape index (κ3) is 2.44. The number of aryl methyl sites for hydroxylation is 1. The van der Waals surface area contributed by atoms with Crippen molar-refractivity contribution in [1.82, 2.24) is 4.98 Å². The lowest BCUT2D eigenvalue weighted by Gasteiger charge is -2.28. The van der Waals surface area contributed by atoms with E-state index in [0.717, 1.165) is 37.5 Å². The quantitative estimate of drug-likeness (QED) is 0.764.